The Morgan fingerprint density at radius 3 is 2.77 bits per heavy atom. The Bertz CT molecular complexity index is 1170. The molecule has 0 amide bonds. The molecule has 0 spiro atoms. The van der Waals surface area contributed by atoms with Gasteiger partial charge in [0.15, 0.2) is 0 Å². The zero-order valence-corrected chi connectivity index (χ0v) is 17.9. The van der Waals surface area contributed by atoms with Gasteiger partial charge in [-0.15, -0.1) is 11.8 Å². The molecule has 4 aromatic rings. The van der Waals surface area contributed by atoms with Crippen LogP contribution in [0.15, 0.2) is 66.0 Å². The van der Waals surface area contributed by atoms with E-state index in [1.54, 1.807) is 24.0 Å². The molecule has 8 heteroatoms. The molecule has 0 atom stereocenters. The molecular formula is C22H20ClN5OS. The summed E-state index contributed by atoms with van der Waals surface area (Å²) >= 11 is 8.11. The smallest absolute Gasteiger partial charge is 0.141 e. The molecule has 0 aliphatic carbocycles. The fourth-order valence-corrected chi connectivity index (χ4v) is 3.91. The number of hydrogen-bond donors (Lipinski definition) is 2. The van der Waals surface area contributed by atoms with Crippen LogP contribution in [0, 0.1) is 0 Å². The minimum Gasteiger partial charge on any atom is -0.486 e. The zero-order chi connectivity index (χ0) is 20.9. The molecule has 4 rings (SSSR count). The van der Waals surface area contributed by atoms with Crippen molar-refractivity contribution in [3.8, 4) is 5.75 Å². The predicted octanol–water partition coefficient (Wildman–Crippen LogP) is 5.70. The van der Waals surface area contributed by atoms with E-state index in [1.165, 1.54) is 6.33 Å². The number of nitrogens with one attached hydrogen (secondary N) is 1. The fraction of sp³-hybridized carbons (Fsp3) is 0.136. The first kappa shape index (κ1) is 20.3. The molecule has 0 saturated heterocycles. The normalized spacial score (nSPS) is 10.9. The summed E-state index contributed by atoms with van der Waals surface area (Å²) in [5.74, 6) is 2.20. The number of anilines is 3. The SMILES string of the molecule is CCSc1cc2ncnc(Nc3ccc(OCc4ccccn4)c(Cl)c3)c2cc1N. The third-order valence-corrected chi connectivity index (χ3v) is 5.61. The van der Waals surface area contributed by atoms with Crippen LogP contribution in [0.25, 0.3) is 10.9 Å². The summed E-state index contributed by atoms with van der Waals surface area (Å²) in [6.45, 7) is 2.44. The molecule has 0 fully saturated rings. The Labute approximate surface area is 183 Å². The second-order valence-corrected chi connectivity index (χ2v) is 8.16. The molecule has 0 bridgehead atoms. The third-order valence-electron chi connectivity index (χ3n) is 4.36. The van der Waals surface area contributed by atoms with Crippen LogP contribution in [0.1, 0.15) is 12.6 Å². The number of ether oxygens (including phenoxy) is 1. The Balaban J connectivity index is 1.55. The van der Waals surface area contributed by atoms with Gasteiger partial charge < -0.3 is 15.8 Å². The van der Waals surface area contributed by atoms with E-state index in [0.29, 0.717) is 28.9 Å². The van der Waals surface area contributed by atoms with Crippen LogP contribution in [0.3, 0.4) is 0 Å². The average molecular weight is 438 g/mol. The Kier molecular flexibility index (Phi) is 6.21. The predicted molar refractivity (Wildman–Crippen MR) is 124 cm³/mol. The topological polar surface area (TPSA) is 86.0 Å². The molecule has 0 aliphatic heterocycles. The Morgan fingerprint density at radius 1 is 1.10 bits per heavy atom. The highest BCUT2D eigenvalue weighted by atomic mass is 35.5. The highest BCUT2D eigenvalue weighted by Crippen LogP contribution is 2.34. The minimum absolute atomic E-state index is 0.348. The van der Waals surface area contributed by atoms with Crippen molar-refractivity contribution in [2.75, 3.05) is 16.8 Å². The van der Waals surface area contributed by atoms with Gasteiger partial charge in [-0.05, 0) is 48.2 Å². The largest absolute Gasteiger partial charge is 0.486 e. The van der Waals surface area contributed by atoms with Gasteiger partial charge in [-0.1, -0.05) is 24.6 Å². The van der Waals surface area contributed by atoms with Gasteiger partial charge in [0.05, 0.1) is 16.2 Å². The summed E-state index contributed by atoms with van der Waals surface area (Å²) in [5.41, 5.74) is 9.38. The Hall–Kier alpha value is -3.03. The third kappa shape index (κ3) is 4.58. The van der Waals surface area contributed by atoms with Crippen LogP contribution < -0.4 is 15.8 Å². The fourth-order valence-electron chi connectivity index (χ4n) is 2.95. The molecule has 2 heterocycles. The van der Waals surface area contributed by atoms with Gasteiger partial charge in [0.25, 0.3) is 0 Å². The van der Waals surface area contributed by atoms with E-state index in [1.807, 2.05) is 42.5 Å². The first-order chi connectivity index (χ1) is 14.6. The van der Waals surface area contributed by atoms with Gasteiger partial charge in [0.1, 0.15) is 24.5 Å². The number of hydrogen-bond acceptors (Lipinski definition) is 7. The first-order valence-corrected chi connectivity index (χ1v) is 10.8. The number of nitrogens with two attached hydrogens (primary N) is 1. The molecular weight excluding hydrogens is 418 g/mol. The van der Waals surface area contributed by atoms with Crippen molar-refractivity contribution in [3.05, 3.63) is 71.8 Å². The maximum absolute atomic E-state index is 6.42. The number of aromatic nitrogens is 3. The standard InChI is InChI=1S/C22H20ClN5OS/c1-2-30-21-11-19-16(10-18(21)24)22(27-13-26-19)28-14-6-7-20(17(23)9-14)29-12-15-5-3-4-8-25-15/h3-11,13H,2,12,24H2,1H3,(H,26,27,28). The molecule has 2 aromatic carbocycles. The molecule has 6 nitrogen and oxygen atoms in total. The maximum atomic E-state index is 6.42. The number of fused-ring (bicyclic) bond motifs is 1. The van der Waals surface area contributed by atoms with Gasteiger partial charge in [-0.2, -0.15) is 0 Å². The lowest BCUT2D eigenvalue weighted by Gasteiger charge is -2.13. The summed E-state index contributed by atoms with van der Waals surface area (Å²) in [5, 5.41) is 4.65. The van der Waals surface area contributed by atoms with Gasteiger partial charge in [-0.25, -0.2) is 9.97 Å². The summed E-state index contributed by atoms with van der Waals surface area (Å²) in [7, 11) is 0. The van der Waals surface area contributed by atoms with E-state index in [9.17, 15) is 0 Å². The van der Waals surface area contributed by atoms with E-state index >= 15 is 0 Å². The molecule has 30 heavy (non-hydrogen) atoms. The number of halogens is 1. The molecule has 2 aromatic heterocycles. The number of rotatable bonds is 7. The second kappa shape index (κ2) is 9.19. The van der Waals surface area contributed by atoms with Crippen LogP contribution in [-0.4, -0.2) is 20.7 Å². The van der Waals surface area contributed by atoms with E-state index in [4.69, 9.17) is 22.1 Å². The van der Waals surface area contributed by atoms with Gasteiger partial charge in [0, 0.05) is 27.9 Å². The lowest BCUT2D eigenvalue weighted by atomic mass is 10.2. The number of thioether (sulfide) groups is 1. The van der Waals surface area contributed by atoms with E-state index in [0.717, 1.165) is 32.9 Å². The average Bonchev–Trinajstić information content (AvgIpc) is 2.75. The summed E-state index contributed by atoms with van der Waals surface area (Å²) < 4.78 is 5.78. The van der Waals surface area contributed by atoms with Crippen molar-refractivity contribution in [1.29, 1.82) is 0 Å². The summed E-state index contributed by atoms with van der Waals surface area (Å²) in [4.78, 5) is 14.0. The van der Waals surface area contributed by atoms with Crippen molar-refractivity contribution in [1.82, 2.24) is 15.0 Å². The molecule has 0 radical (unpaired) electrons. The van der Waals surface area contributed by atoms with Gasteiger partial charge in [0.2, 0.25) is 0 Å². The second-order valence-electron chi connectivity index (χ2n) is 6.44. The van der Waals surface area contributed by atoms with E-state index in [-0.39, 0.29) is 0 Å². The molecule has 0 unspecified atom stereocenters. The highest BCUT2D eigenvalue weighted by molar-refractivity contribution is 7.99. The maximum Gasteiger partial charge on any atom is 0.141 e. The lowest BCUT2D eigenvalue weighted by molar-refractivity contribution is 0.301. The van der Waals surface area contributed by atoms with Gasteiger partial charge >= 0.3 is 0 Å². The monoisotopic (exact) mass is 437 g/mol. The van der Waals surface area contributed by atoms with Crippen molar-refractivity contribution >= 4 is 51.5 Å². The van der Waals surface area contributed by atoms with Crippen molar-refractivity contribution in [3.63, 3.8) is 0 Å². The minimum atomic E-state index is 0.348. The Morgan fingerprint density at radius 2 is 2.00 bits per heavy atom. The first-order valence-electron chi connectivity index (χ1n) is 9.40. The molecule has 0 aliphatic rings. The highest BCUT2D eigenvalue weighted by Gasteiger charge is 2.10. The van der Waals surface area contributed by atoms with Crippen molar-refractivity contribution < 1.29 is 4.74 Å². The zero-order valence-electron chi connectivity index (χ0n) is 16.3. The van der Waals surface area contributed by atoms with E-state index in [2.05, 4.69) is 27.2 Å². The van der Waals surface area contributed by atoms with Gasteiger partial charge in [-0.3, -0.25) is 4.98 Å². The summed E-state index contributed by atoms with van der Waals surface area (Å²) in [6, 6.07) is 15.1. The van der Waals surface area contributed by atoms with Crippen molar-refractivity contribution in [2.45, 2.75) is 18.4 Å². The molecule has 3 N–H and O–H groups in total. The summed E-state index contributed by atoms with van der Waals surface area (Å²) in [6.07, 6.45) is 3.27. The van der Waals surface area contributed by atoms with Crippen LogP contribution in [0.2, 0.25) is 5.02 Å². The van der Waals surface area contributed by atoms with Crippen LogP contribution in [0.4, 0.5) is 17.2 Å². The van der Waals surface area contributed by atoms with E-state index < -0.39 is 0 Å². The van der Waals surface area contributed by atoms with Crippen LogP contribution >= 0.6 is 23.4 Å². The van der Waals surface area contributed by atoms with Crippen LogP contribution in [0.5, 0.6) is 5.75 Å². The molecule has 0 saturated carbocycles. The van der Waals surface area contributed by atoms with Crippen molar-refractivity contribution in [2.24, 2.45) is 0 Å². The van der Waals surface area contributed by atoms with Crippen LogP contribution in [-0.2, 0) is 6.61 Å². The quantitative estimate of drug-likeness (QED) is 0.283. The number of pyridine rings is 1. The molecule has 152 valence electrons. The lowest BCUT2D eigenvalue weighted by Crippen LogP contribution is -2.00. The number of nitrogens with zero attached hydrogens (tertiary/aromatic N) is 3. The number of nitrogen functional groups attached to an aromatic ring is 1. The number of benzene rings is 2.